The first kappa shape index (κ1) is 28.7. The zero-order chi connectivity index (χ0) is 26.6. The number of sulfonamides is 1. The van der Waals surface area contributed by atoms with E-state index in [1.165, 1.54) is 4.90 Å². The van der Waals surface area contributed by atoms with Crippen molar-refractivity contribution >= 4 is 39.1 Å². The summed E-state index contributed by atoms with van der Waals surface area (Å²) in [5.74, 6) is -0.753. The molecule has 1 atom stereocenters. The van der Waals surface area contributed by atoms with Crippen LogP contribution >= 0.6 is 11.6 Å². The Morgan fingerprint density at radius 2 is 1.74 bits per heavy atom. The lowest BCUT2D eigenvalue weighted by Crippen LogP contribution is -2.55. The second-order valence-corrected chi connectivity index (χ2v) is 12.2. The monoisotopic (exact) mass is 521 g/mol. The van der Waals surface area contributed by atoms with Crippen molar-refractivity contribution in [3.05, 3.63) is 64.2 Å². The van der Waals surface area contributed by atoms with E-state index >= 15 is 0 Å². The number of aryl methyl sites for hydroxylation is 2. The molecule has 0 aromatic heterocycles. The minimum absolute atomic E-state index is 0.174. The van der Waals surface area contributed by atoms with Crippen LogP contribution in [0.25, 0.3) is 0 Å². The van der Waals surface area contributed by atoms with Crippen molar-refractivity contribution in [2.75, 3.05) is 17.1 Å². The smallest absolute Gasteiger partial charge is 0.244 e. The zero-order valence-electron chi connectivity index (χ0n) is 21.6. The van der Waals surface area contributed by atoms with Gasteiger partial charge in [0.15, 0.2) is 0 Å². The highest BCUT2D eigenvalue weighted by atomic mass is 35.5. The van der Waals surface area contributed by atoms with Crippen LogP contribution in [0.1, 0.15) is 50.8 Å². The van der Waals surface area contributed by atoms with Crippen molar-refractivity contribution in [1.82, 2.24) is 10.2 Å². The number of benzene rings is 2. The third-order valence-corrected chi connectivity index (χ3v) is 6.79. The van der Waals surface area contributed by atoms with Gasteiger partial charge in [-0.2, -0.15) is 0 Å². The first-order valence-electron chi connectivity index (χ1n) is 11.5. The molecule has 1 N–H and O–H groups in total. The van der Waals surface area contributed by atoms with Crippen molar-refractivity contribution in [3.8, 4) is 0 Å². The average molecular weight is 522 g/mol. The van der Waals surface area contributed by atoms with E-state index in [1.807, 2.05) is 58.9 Å². The lowest BCUT2D eigenvalue weighted by molar-refractivity contribution is -0.141. The Kier molecular flexibility index (Phi) is 9.36. The maximum atomic E-state index is 13.7. The Hall–Kier alpha value is -2.58. The highest BCUT2D eigenvalue weighted by Gasteiger charge is 2.33. The molecule has 0 saturated heterocycles. The van der Waals surface area contributed by atoms with Crippen LogP contribution in [-0.2, 0) is 26.2 Å². The minimum atomic E-state index is -3.80. The molecule has 2 rings (SSSR count). The van der Waals surface area contributed by atoms with Crippen molar-refractivity contribution in [2.24, 2.45) is 0 Å². The predicted molar refractivity (Wildman–Crippen MR) is 142 cm³/mol. The van der Waals surface area contributed by atoms with Crippen LogP contribution in [0, 0.1) is 13.8 Å². The van der Waals surface area contributed by atoms with Crippen LogP contribution in [0.4, 0.5) is 5.69 Å². The van der Waals surface area contributed by atoms with Crippen molar-refractivity contribution in [1.29, 1.82) is 0 Å². The van der Waals surface area contributed by atoms with Gasteiger partial charge in [-0.1, -0.05) is 48.4 Å². The number of nitrogens with zero attached hydrogens (tertiary/aromatic N) is 2. The number of hydrogen-bond acceptors (Lipinski definition) is 4. The van der Waals surface area contributed by atoms with Gasteiger partial charge in [0.25, 0.3) is 0 Å². The van der Waals surface area contributed by atoms with Gasteiger partial charge >= 0.3 is 0 Å². The second-order valence-electron chi connectivity index (χ2n) is 9.87. The van der Waals surface area contributed by atoms with Gasteiger partial charge in [0.1, 0.15) is 12.6 Å². The molecular formula is C26H36ClN3O4S. The lowest BCUT2D eigenvalue weighted by Gasteiger charge is -2.34. The van der Waals surface area contributed by atoms with E-state index in [0.29, 0.717) is 22.7 Å². The van der Waals surface area contributed by atoms with E-state index in [1.54, 1.807) is 25.1 Å². The molecule has 0 saturated carbocycles. The molecule has 0 aliphatic heterocycles. The molecule has 0 radical (unpaired) electrons. The zero-order valence-corrected chi connectivity index (χ0v) is 23.1. The maximum absolute atomic E-state index is 13.7. The molecule has 192 valence electrons. The van der Waals surface area contributed by atoms with E-state index in [-0.39, 0.29) is 12.5 Å². The number of nitrogens with one attached hydrogen (secondary N) is 1. The fourth-order valence-corrected chi connectivity index (χ4v) is 5.01. The van der Waals surface area contributed by atoms with Crippen molar-refractivity contribution in [2.45, 2.75) is 66.1 Å². The third-order valence-electron chi connectivity index (χ3n) is 5.43. The predicted octanol–water partition coefficient (Wildman–Crippen LogP) is 4.44. The normalized spacial score (nSPS) is 12.7. The summed E-state index contributed by atoms with van der Waals surface area (Å²) in [5.41, 5.74) is 2.39. The number of rotatable bonds is 9. The van der Waals surface area contributed by atoms with E-state index in [4.69, 9.17) is 11.6 Å². The summed E-state index contributed by atoms with van der Waals surface area (Å²) < 4.78 is 26.5. The number of carbonyl (C=O) groups excluding carboxylic acids is 2. The third kappa shape index (κ3) is 8.25. The highest BCUT2D eigenvalue weighted by Crippen LogP contribution is 2.26. The molecule has 2 aromatic carbocycles. The number of carbonyl (C=O) groups is 2. The van der Waals surface area contributed by atoms with E-state index in [2.05, 4.69) is 5.32 Å². The van der Waals surface area contributed by atoms with Gasteiger partial charge in [0.2, 0.25) is 21.8 Å². The van der Waals surface area contributed by atoms with Gasteiger partial charge in [-0.15, -0.1) is 0 Å². The van der Waals surface area contributed by atoms with Crippen molar-refractivity contribution in [3.63, 3.8) is 0 Å². The first-order chi connectivity index (χ1) is 16.1. The van der Waals surface area contributed by atoms with E-state index in [9.17, 15) is 18.0 Å². The number of anilines is 1. The largest absolute Gasteiger partial charge is 0.350 e. The average Bonchev–Trinajstić information content (AvgIpc) is 2.70. The summed E-state index contributed by atoms with van der Waals surface area (Å²) in [6.07, 6.45) is 1.43. The summed E-state index contributed by atoms with van der Waals surface area (Å²) in [6, 6.07) is 11.7. The molecule has 2 aromatic rings. The van der Waals surface area contributed by atoms with Crippen LogP contribution in [-0.4, -0.2) is 49.5 Å². The van der Waals surface area contributed by atoms with E-state index < -0.39 is 34.1 Å². The van der Waals surface area contributed by atoms with Crippen LogP contribution in [0.5, 0.6) is 0 Å². The summed E-state index contributed by atoms with van der Waals surface area (Å²) in [7, 11) is -3.80. The molecular weight excluding hydrogens is 486 g/mol. The molecule has 9 heteroatoms. The molecule has 0 fully saturated rings. The van der Waals surface area contributed by atoms with Gasteiger partial charge in [-0.25, -0.2) is 8.42 Å². The Morgan fingerprint density at radius 1 is 1.09 bits per heavy atom. The Balaban J connectivity index is 2.49. The molecule has 7 nitrogen and oxygen atoms in total. The molecule has 1 unspecified atom stereocenters. The first-order valence-corrected chi connectivity index (χ1v) is 13.8. The molecule has 0 aliphatic rings. The summed E-state index contributed by atoms with van der Waals surface area (Å²) in [4.78, 5) is 28.4. The van der Waals surface area contributed by atoms with Crippen LogP contribution in [0.15, 0.2) is 42.5 Å². The Bertz CT molecular complexity index is 1180. The quantitative estimate of drug-likeness (QED) is 0.528. The highest BCUT2D eigenvalue weighted by molar-refractivity contribution is 7.92. The van der Waals surface area contributed by atoms with Gasteiger partial charge in [0, 0.05) is 17.1 Å². The van der Waals surface area contributed by atoms with Crippen LogP contribution in [0.3, 0.4) is 0 Å². The minimum Gasteiger partial charge on any atom is -0.350 e. The van der Waals surface area contributed by atoms with E-state index in [0.717, 1.165) is 21.7 Å². The lowest BCUT2D eigenvalue weighted by atomic mass is 10.0. The molecule has 35 heavy (non-hydrogen) atoms. The summed E-state index contributed by atoms with van der Waals surface area (Å²) >= 11 is 6.06. The topological polar surface area (TPSA) is 86.8 Å². The van der Waals surface area contributed by atoms with Gasteiger partial charge < -0.3 is 10.2 Å². The van der Waals surface area contributed by atoms with Gasteiger partial charge in [-0.05, 0) is 70.4 Å². The summed E-state index contributed by atoms with van der Waals surface area (Å²) in [6.45, 7) is 10.9. The summed E-state index contributed by atoms with van der Waals surface area (Å²) in [5, 5.41) is 3.42. The van der Waals surface area contributed by atoms with Crippen LogP contribution < -0.4 is 9.62 Å². The van der Waals surface area contributed by atoms with Gasteiger partial charge in [-0.3, -0.25) is 13.9 Å². The Labute approximate surface area is 214 Å². The molecule has 0 spiro atoms. The number of amides is 2. The Morgan fingerprint density at radius 3 is 2.26 bits per heavy atom. The molecule has 0 aliphatic carbocycles. The van der Waals surface area contributed by atoms with Gasteiger partial charge in [0.05, 0.1) is 11.9 Å². The second kappa shape index (κ2) is 11.4. The van der Waals surface area contributed by atoms with Crippen molar-refractivity contribution < 1.29 is 18.0 Å². The van der Waals surface area contributed by atoms with Crippen LogP contribution in [0.2, 0.25) is 5.02 Å². The maximum Gasteiger partial charge on any atom is 0.244 e. The fraction of sp³-hybridized carbons (Fsp3) is 0.462. The molecule has 0 heterocycles. The molecule has 2 amide bonds. The SMILES string of the molecule is CCC(C(=O)NC(C)(C)C)N(Cc1cccc(C)c1)C(=O)CN(c1ccc(Cl)cc1C)S(C)(=O)=O. The number of halogens is 1. The number of hydrogen-bond donors (Lipinski definition) is 1. The fourth-order valence-electron chi connectivity index (χ4n) is 3.87. The standard InChI is InChI=1S/C26H36ClN3O4S/c1-8-22(25(32)28-26(4,5)6)29(16-20-11-9-10-18(2)14-20)24(31)17-30(35(7,33)34)23-13-12-21(27)15-19(23)3/h9-15,22H,8,16-17H2,1-7H3,(H,28,32). The molecule has 0 bridgehead atoms.